The maximum Gasteiger partial charge on any atom is 0.191 e. The Hall–Kier alpha value is -1.74. The molecule has 1 saturated heterocycles. The highest BCUT2D eigenvalue weighted by Gasteiger charge is 2.19. The molecule has 0 atom stereocenters. The van der Waals surface area contributed by atoms with Crippen molar-refractivity contribution in [3.05, 3.63) is 71.3 Å². The fourth-order valence-corrected chi connectivity index (χ4v) is 3.55. The van der Waals surface area contributed by atoms with Gasteiger partial charge < -0.3 is 10.6 Å². The molecule has 0 radical (unpaired) electrons. The first-order valence-corrected chi connectivity index (χ1v) is 9.81. The van der Waals surface area contributed by atoms with Gasteiger partial charge in [0.05, 0.1) is 0 Å². The van der Waals surface area contributed by atoms with Crippen molar-refractivity contribution in [2.24, 2.45) is 4.99 Å². The van der Waals surface area contributed by atoms with Crippen LogP contribution in [-0.2, 0) is 13.0 Å². The van der Waals surface area contributed by atoms with Crippen LogP contribution in [0.25, 0.3) is 0 Å². The van der Waals surface area contributed by atoms with E-state index in [-0.39, 0.29) is 24.0 Å². The molecule has 4 nitrogen and oxygen atoms in total. The van der Waals surface area contributed by atoms with Crippen LogP contribution in [0.3, 0.4) is 0 Å². The van der Waals surface area contributed by atoms with Gasteiger partial charge in [0, 0.05) is 45.3 Å². The molecule has 1 heterocycles. The molecule has 1 aliphatic rings. The van der Waals surface area contributed by atoms with Gasteiger partial charge in [-0.1, -0.05) is 30.3 Å². The van der Waals surface area contributed by atoms with E-state index >= 15 is 0 Å². The molecule has 0 saturated carbocycles. The summed E-state index contributed by atoms with van der Waals surface area (Å²) in [6.07, 6.45) is 2.65. The van der Waals surface area contributed by atoms with Gasteiger partial charge in [-0.2, -0.15) is 0 Å². The highest BCUT2D eigenvalue weighted by Crippen LogP contribution is 2.14. The maximum atomic E-state index is 13.3. The molecular formula is C22H29F2IN4. The van der Waals surface area contributed by atoms with Gasteiger partial charge >= 0.3 is 0 Å². The standard InChI is InChI=1S/C22H28F2N4.HI/c1-25-22(26-10-7-18-13-19(23)15-20(24)14-18)27-21-8-11-28(12-9-21)16-17-5-3-2-4-6-17;/h2-6,13-15,21H,7-12,16H2,1H3,(H2,25,26,27);1H. The van der Waals surface area contributed by atoms with Crippen LogP contribution in [0, 0.1) is 11.6 Å². The second kappa shape index (κ2) is 12.1. The average molecular weight is 514 g/mol. The van der Waals surface area contributed by atoms with Gasteiger partial charge in [-0.25, -0.2) is 8.78 Å². The number of hydrogen-bond acceptors (Lipinski definition) is 2. The smallest absolute Gasteiger partial charge is 0.191 e. The van der Waals surface area contributed by atoms with E-state index in [0.717, 1.165) is 44.5 Å². The van der Waals surface area contributed by atoms with Gasteiger partial charge in [-0.3, -0.25) is 9.89 Å². The number of aliphatic imine (C=N–C) groups is 1. The molecule has 0 aliphatic carbocycles. The first-order valence-electron chi connectivity index (χ1n) is 9.81. The van der Waals surface area contributed by atoms with Crippen molar-refractivity contribution >= 4 is 29.9 Å². The summed E-state index contributed by atoms with van der Waals surface area (Å²) in [6, 6.07) is 14.5. The third-order valence-electron chi connectivity index (χ3n) is 5.03. The fraction of sp³-hybridized carbons (Fsp3) is 0.409. The van der Waals surface area contributed by atoms with Crippen LogP contribution in [-0.4, -0.2) is 43.6 Å². The number of hydrogen-bond donors (Lipinski definition) is 2. The second-order valence-corrected chi connectivity index (χ2v) is 7.21. The summed E-state index contributed by atoms with van der Waals surface area (Å²) >= 11 is 0. The monoisotopic (exact) mass is 514 g/mol. The van der Waals surface area contributed by atoms with Crippen molar-refractivity contribution in [2.45, 2.75) is 31.8 Å². The summed E-state index contributed by atoms with van der Waals surface area (Å²) in [6.45, 7) is 3.65. The Kier molecular flexibility index (Phi) is 9.80. The SMILES string of the molecule is CN=C(NCCc1cc(F)cc(F)c1)NC1CCN(Cc2ccccc2)CC1.I. The lowest BCUT2D eigenvalue weighted by molar-refractivity contribution is 0.198. The lowest BCUT2D eigenvalue weighted by Gasteiger charge is -2.33. The largest absolute Gasteiger partial charge is 0.356 e. The van der Waals surface area contributed by atoms with Crippen LogP contribution < -0.4 is 10.6 Å². The molecule has 3 rings (SSSR count). The topological polar surface area (TPSA) is 39.7 Å². The van der Waals surface area contributed by atoms with Crippen molar-refractivity contribution < 1.29 is 8.78 Å². The number of guanidine groups is 1. The number of piperidine rings is 1. The zero-order valence-corrected chi connectivity index (χ0v) is 19.0. The van der Waals surface area contributed by atoms with E-state index in [2.05, 4.69) is 44.8 Å². The van der Waals surface area contributed by atoms with Crippen molar-refractivity contribution in [1.29, 1.82) is 0 Å². The third kappa shape index (κ3) is 7.89. The number of halogens is 3. The summed E-state index contributed by atoms with van der Waals surface area (Å²) in [5.74, 6) is -0.349. The van der Waals surface area contributed by atoms with Crippen LogP contribution >= 0.6 is 24.0 Å². The Labute approximate surface area is 188 Å². The van der Waals surface area contributed by atoms with E-state index in [4.69, 9.17) is 0 Å². The van der Waals surface area contributed by atoms with Gasteiger partial charge in [-0.05, 0) is 42.5 Å². The molecule has 0 bridgehead atoms. The van der Waals surface area contributed by atoms with Gasteiger partial charge in [-0.15, -0.1) is 24.0 Å². The lowest BCUT2D eigenvalue weighted by Crippen LogP contribution is -2.48. The molecule has 2 N–H and O–H groups in total. The molecule has 0 amide bonds. The first kappa shape index (κ1) is 23.5. The van der Waals surface area contributed by atoms with E-state index < -0.39 is 11.6 Å². The summed E-state index contributed by atoms with van der Waals surface area (Å²) in [4.78, 5) is 6.74. The molecule has 2 aromatic carbocycles. The summed E-state index contributed by atoms with van der Waals surface area (Å²) in [7, 11) is 1.74. The van der Waals surface area contributed by atoms with Crippen LogP contribution in [0.2, 0.25) is 0 Å². The molecule has 7 heteroatoms. The van der Waals surface area contributed by atoms with Crippen LogP contribution in [0.5, 0.6) is 0 Å². The van der Waals surface area contributed by atoms with E-state index in [1.54, 1.807) is 7.05 Å². The number of nitrogens with zero attached hydrogens (tertiary/aromatic N) is 2. The third-order valence-corrected chi connectivity index (χ3v) is 5.03. The predicted octanol–water partition coefficient (Wildman–Crippen LogP) is 3.95. The Morgan fingerprint density at radius 2 is 1.69 bits per heavy atom. The van der Waals surface area contributed by atoms with Crippen molar-refractivity contribution in [1.82, 2.24) is 15.5 Å². The minimum absolute atomic E-state index is 0. The molecule has 1 fully saturated rings. The van der Waals surface area contributed by atoms with Gasteiger partial charge in [0.2, 0.25) is 0 Å². The van der Waals surface area contributed by atoms with E-state index in [1.807, 2.05) is 6.07 Å². The summed E-state index contributed by atoms with van der Waals surface area (Å²) in [5.41, 5.74) is 1.98. The minimum Gasteiger partial charge on any atom is -0.356 e. The summed E-state index contributed by atoms with van der Waals surface area (Å²) in [5, 5.41) is 6.70. The normalized spacial score (nSPS) is 15.6. The molecule has 1 aliphatic heterocycles. The molecule has 0 aromatic heterocycles. The fourth-order valence-electron chi connectivity index (χ4n) is 3.55. The van der Waals surface area contributed by atoms with E-state index in [1.165, 1.54) is 17.7 Å². The van der Waals surface area contributed by atoms with Gasteiger partial charge in [0.15, 0.2) is 5.96 Å². The van der Waals surface area contributed by atoms with Crippen molar-refractivity contribution in [2.75, 3.05) is 26.7 Å². The molecule has 2 aromatic rings. The quantitative estimate of drug-likeness (QED) is 0.349. The molecule has 0 unspecified atom stereocenters. The van der Waals surface area contributed by atoms with Crippen LogP contribution in [0.15, 0.2) is 53.5 Å². The van der Waals surface area contributed by atoms with Gasteiger partial charge in [0.1, 0.15) is 11.6 Å². The highest BCUT2D eigenvalue weighted by atomic mass is 127. The first-order chi connectivity index (χ1) is 13.6. The Morgan fingerprint density at radius 3 is 2.31 bits per heavy atom. The summed E-state index contributed by atoms with van der Waals surface area (Å²) < 4.78 is 26.5. The number of nitrogens with one attached hydrogen (secondary N) is 2. The molecule has 29 heavy (non-hydrogen) atoms. The van der Waals surface area contributed by atoms with Crippen LogP contribution in [0.4, 0.5) is 8.78 Å². The van der Waals surface area contributed by atoms with E-state index in [9.17, 15) is 8.78 Å². The number of likely N-dealkylation sites (tertiary alicyclic amines) is 1. The Balaban J connectivity index is 0.00000300. The lowest BCUT2D eigenvalue weighted by atomic mass is 10.0. The zero-order chi connectivity index (χ0) is 19.8. The van der Waals surface area contributed by atoms with Crippen molar-refractivity contribution in [3.8, 4) is 0 Å². The van der Waals surface area contributed by atoms with Crippen LogP contribution in [0.1, 0.15) is 24.0 Å². The average Bonchev–Trinajstić information content (AvgIpc) is 2.68. The second-order valence-electron chi connectivity index (χ2n) is 7.21. The Morgan fingerprint density at radius 1 is 1.03 bits per heavy atom. The number of rotatable bonds is 6. The molecule has 0 spiro atoms. The van der Waals surface area contributed by atoms with Crippen molar-refractivity contribution in [3.63, 3.8) is 0 Å². The number of benzene rings is 2. The molecular weight excluding hydrogens is 485 g/mol. The molecule has 158 valence electrons. The van der Waals surface area contributed by atoms with E-state index in [0.29, 0.717) is 24.6 Å². The zero-order valence-electron chi connectivity index (χ0n) is 16.7. The minimum atomic E-state index is -0.542. The Bertz CT molecular complexity index is 757. The van der Waals surface area contributed by atoms with Gasteiger partial charge in [0.25, 0.3) is 0 Å². The highest BCUT2D eigenvalue weighted by molar-refractivity contribution is 14.0. The predicted molar refractivity (Wildman–Crippen MR) is 125 cm³/mol. The maximum absolute atomic E-state index is 13.3.